The molecule has 0 aromatic rings. The number of likely N-dealkylation sites (tertiary alicyclic amines) is 1. The van der Waals surface area contributed by atoms with Crippen LogP contribution in [0.25, 0.3) is 0 Å². The number of nitrogens with one attached hydrogen (secondary N) is 1. The Morgan fingerprint density at radius 1 is 1.28 bits per heavy atom. The molecule has 2 heterocycles. The molecule has 3 atom stereocenters. The van der Waals surface area contributed by atoms with Crippen LogP contribution in [0.15, 0.2) is 12.2 Å². The summed E-state index contributed by atoms with van der Waals surface area (Å²) < 4.78 is 6.05. The van der Waals surface area contributed by atoms with Crippen molar-refractivity contribution in [3.05, 3.63) is 12.2 Å². The topological polar surface area (TPSA) is 41.6 Å². The number of allylic oxidation sites excluding steroid dienone is 2. The zero-order valence-corrected chi connectivity index (χ0v) is 16.4. The first kappa shape index (κ1) is 18.8. The molecule has 2 fully saturated rings. The van der Waals surface area contributed by atoms with Crippen LogP contribution in [-0.4, -0.2) is 43.3 Å². The van der Waals surface area contributed by atoms with Crippen molar-refractivity contribution in [2.45, 2.75) is 71.8 Å². The Labute approximate surface area is 153 Å². The third-order valence-corrected chi connectivity index (χ3v) is 6.32. The van der Waals surface area contributed by atoms with Crippen LogP contribution in [0.3, 0.4) is 0 Å². The second-order valence-electron chi connectivity index (χ2n) is 9.49. The first-order chi connectivity index (χ1) is 11.9. The van der Waals surface area contributed by atoms with Gasteiger partial charge in [-0.1, -0.05) is 32.9 Å². The van der Waals surface area contributed by atoms with E-state index >= 15 is 0 Å². The molecule has 1 spiro atoms. The lowest BCUT2D eigenvalue weighted by molar-refractivity contribution is -0.0840. The van der Waals surface area contributed by atoms with Gasteiger partial charge in [0.1, 0.15) is 0 Å². The Morgan fingerprint density at radius 3 is 2.84 bits per heavy atom. The summed E-state index contributed by atoms with van der Waals surface area (Å²) in [5.74, 6) is 0.425. The Balaban J connectivity index is 1.54. The van der Waals surface area contributed by atoms with Crippen molar-refractivity contribution in [3.63, 3.8) is 0 Å². The first-order valence-electron chi connectivity index (χ1n) is 10.2. The fraction of sp³-hybridized carbons (Fsp3) is 0.857. The van der Waals surface area contributed by atoms with Crippen LogP contribution in [0, 0.1) is 16.7 Å². The van der Waals surface area contributed by atoms with Gasteiger partial charge in [0.25, 0.3) is 0 Å². The van der Waals surface area contributed by atoms with Crippen LogP contribution >= 0.6 is 0 Å². The second-order valence-corrected chi connectivity index (χ2v) is 9.49. The van der Waals surface area contributed by atoms with Gasteiger partial charge in [0.15, 0.2) is 0 Å². The van der Waals surface area contributed by atoms with Crippen molar-refractivity contribution < 1.29 is 9.53 Å². The van der Waals surface area contributed by atoms with E-state index in [0.29, 0.717) is 11.3 Å². The zero-order valence-electron chi connectivity index (χ0n) is 16.4. The number of hydrogen-bond acceptors (Lipinski definition) is 2. The SMILES string of the molecule is CC(C)(C)[C@@H]1OCCC[C@@H]1CNC(=O)N1CCC[C@]2(CC=CCC2)C1. The van der Waals surface area contributed by atoms with Gasteiger partial charge < -0.3 is 15.0 Å². The Hall–Kier alpha value is -1.03. The van der Waals surface area contributed by atoms with Gasteiger partial charge >= 0.3 is 6.03 Å². The number of hydrogen-bond donors (Lipinski definition) is 1. The quantitative estimate of drug-likeness (QED) is 0.753. The van der Waals surface area contributed by atoms with E-state index in [4.69, 9.17) is 4.74 Å². The average Bonchev–Trinajstić information content (AvgIpc) is 2.60. The van der Waals surface area contributed by atoms with Crippen LogP contribution in [-0.2, 0) is 4.74 Å². The van der Waals surface area contributed by atoms with Gasteiger partial charge in [0, 0.05) is 32.2 Å². The summed E-state index contributed by atoms with van der Waals surface area (Å²) in [6.07, 6.45) is 13.0. The molecule has 0 aromatic carbocycles. The summed E-state index contributed by atoms with van der Waals surface area (Å²) in [6, 6.07) is 0.131. The number of urea groups is 1. The van der Waals surface area contributed by atoms with Gasteiger partial charge in [-0.25, -0.2) is 4.79 Å². The molecule has 0 radical (unpaired) electrons. The van der Waals surface area contributed by atoms with Gasteiger partial charge in [-0.05, 0) is 55.8 Å². The minimum atomic E-state index is 0.124. The molecule has 2 aliphatic heterocycles. The number of rotatable bonds is 2. The normalized spacial score (nSPS) is 33.5. The van der Waals surface area contributed by atoms with Crippen molar-refractivity contribution in [1.82, 2.24) is 10.2 Å². The highest BCUT2D eigenvalue weighted by Crippen LogP contribution is 2.40. The van der Waals surface area contributed by atoms with Crippen LogP contribution in [0.1, 0.15) is 65.7 Å². The molecule has 1 aliphatic carbocycles. The van der Waals surface area contributed by atoms with E-state index in [1.165, 1.54) is 19.3 Å². The van der Waals surface area contributed by atoms with E-state index in [2.05, 4.69) is 43.1 Å². The average molecular weight is 349 g/mol. The van der Waals surface area contributed by atoms with Gasteiger partial charge in [-0.2, -0.15) is 0 Å². The van der Waals surface area contributed by atoms with Gasteiger partial charge in [0.2, 0.25) is 0 Å². The molecule has 1 N–H and O–H groups in total. The summed E-state index contributed by atoms with van der Waals surface area (Å²) in [5.41, 5.74) is 0.464. The van der Waals surface area contributed by atoms with Gasteiger partial charge in [-0.15, -0.1) is 0 Å². The molecule has 2 amide bonds. The second kappa shape index (κ2) is 7.69. The molecule has 3 aliphatic rings. The highest BCUT2D eigenvalue weighted by atomic mass is 16.5. The summed E-state index contributed by atoms with van der Waals surface area (Å²) in [4.78, 5) is 14.8. The van der Waals surface area contributed by atoms with E-state index < -0.39 is 0 Å². The number of carbonyl (C=O) groups excluding carboxylic acids is 1. The van der Waals surface area contributed by atoms with Crippen molar-refractivity contribution in [2.75, 3.05) is 26.2 Å². The van der Waals surface area contributed by atoms with Crippen molar-refractivity contribution in [2.24, 2.45) is 16.7 Å². The fourth-order valence-corrected chi connectivity index (χ4v) is 5.03. The number of piperidine rings is 1. The number of ether oxygens (including phenoxy) is 1. The standard InChI is InChI=1S/C21H36N2O2/c1-20(2,3)18-17(9-7-14-25-18)15-22-19(24)23-13-8-12-21(16-23)10-5-4-6-11-21/h4-5,17-18H,6-16H2,1-3H3,(H,22,24)/t17-,18-,21-/m1/s1. The predicted octanol–water partition coefficient (Wildman–Crippen LogP) is 4.36. The monoisotopic (exact) mass is 348 g/mol. The molecule has 0 aromatic heterocycles. The maximum Gasteiger partial charge on any atom is 0.317 e. The molecule has 25 heavy (non-hydrogen) atoms. The smallest absolute Gasteiger partial charge is 0.317 e. The van der Waals surface area contributed by atoms with E-state index in [-0.39, 0.29) is 17.6 Å². The van der Waals surface area contributed by atoms with Gasteiger partial charge in [0.05, 0.1) is 6.10 Å². The Morgan fingerprint density at radius 2 is 2.12 bits per heavy atom. The molecular weight excluding hydrogens is 312 g/mol. The highest BCUT2D eigenvalue weighted by Gasteiger charge is 2.38. The Kier molecular flexibility index (Phi) is 5.77. The van der Waals surface area contributed by atoms with E-state index in [1.54, 1.807) is 0 Å². The third-order valence-electron chi connectivity index (χ3n) is 6.32. The zero-order chi connectivity index (χ0) is 17.9. The molecule has 4 nitrogen and oxygen atoms in total. The predicted molar refractivity (Wildman–Crippen MR) is 102 cm³/mol. The van der Waals surface area contributed by atoms with E-state index in [9.17, 15) is 4.79 Å². The molecule has 0 bridgehead atoms. The van der Waals surface area contributed by atoms with E-state index in [1.807, 2.05) is 0 Å². The highest BCUT2D eigenvalue weighted by molar-refractivity contribution is 5.74. The molecule has 3 rings (SSSR count). The summed E-state index contributed by atoms with van der Waals surface area (Å²) in [6.45, 7) is 10.1. The first-order valence-corrected chi connectivity index (χ1v) is 10.2. The largest absolute Gasteiger partial charge is 0.377 e. The summed E-state index contributed by atoms with van der Waals surface area (Å²) in [7, 11) is 0. The van der Waals surface area contributed by atoms with Crippen molar-refractivity contribution in [1.29, 1.82) is 0 Å². The number of amides is 2. The van der Waals surface area contributed by atoms with Crippen LogP contribution in [0.5, 0.6) is 0 Å². The molecule has 142 valence electrons. The molecular formula is C21H36N2O2. The maximum atomic E-state index is 12.8. The number of nitrogens with zero attached hydrogens (tertiary/aromatic N) is 1. The lowest BCUT2D eigenvalue weighted by Crippen LogP contribution is -2.52. The van der Waals surface area contributed by atoms with Crippen LogP contribution in [0.2, 0.25) is 0 Å². The maximum absolute atomic E-state index is 12.8. The molecule has 0 unspecified atom stereocenters. The molecule has 2 saturated heterocycles. The Bertz CT molecular complexity index is 497. The van der Waals surface area contributed by atoms with Crippen molar-refractivity contribution >= 4 is 6.03 Å². The number of carbonyl (C=O) groups is 1. The van der Waals surface area contributed by atoms with Crippen LogP contribution in [0.4, 0.5) is 4.79 Å². The molecule has 0 saturated carbocycles. The van der Waals surface area contributed by atoms with Gasteiger partial charge in [-0.3, -0.25) is 0 Å². The van der Waals surface area contributed by atoms with Crippen molar-refractivity contribution in [3.8, 4) is 0 Å². The molecule has 4 heteroatoms. The van der Waals surface area contributed by atoms with Crippen LogP contribution < -0.4 is 5.32 Å². The summed E-state index contributed by atoms with van der Waals surface area (Å²) >= 11 is 0. The lowest BCUT2D eigenvalue weighted by Gasteiger charge is -2.44. The fourth-order valence-electron chi connectivity index (χ4n) is 5.03. The summed E-state index contributed by atoms with van der Waals surface area (Å²) in [5, 5.41) is 3.24. The van der Waals surface area contributed by atoms with E-state index in [0.717, 1.165) is 51.9 Å². The minimum Gasteiger partial charge on any atom is -0.377 e. The minimum absolute atomic E-state index is 0.124. The third kappa shape index (κ3) is 4.58. The lowest BCUT2D eigenvalue weighted by atomic mass is 9.71.